The molecule has 1 aliphatic rings. The van der Waals surface area contributed by atoms with Crippen LogP contribution in [-0.4, -0.2) is 57.3 Å². The van der Waals surface area contributed by atoms with Gasteiger partial charge in [-0.3, -0.25) is 9.59 Å². The van der Waals surface area contributed by atoms with Gasteiger partial charge < -0.3 is 30.5 Å². The van der Waals surface area contributed by atoms with Gasteiger partial charge in [-0.05, 0) is 69.0 Å². The number of rotatable bonds is 9. The second-order valence-electron chi connectivity index (χ2n) is 11.0. The first kappa shape index (κ1) is 30.3. The number of amides is 3. The number of phenols is 2. The van der Waals surface area contributed by atoms with Crippen LogP contribution in [0.4, 0.5) is 4.79 Å². The second-order valence-corrected chi connectivity index (χ2v) is 11.0. The molecule has 0 aromatic heterocycles. The molecular formula is C30H38N4O6. The molecule has 3 rings (SSSR count). The maximum absolute atomic E-state index is 14.1. The van der Waals surface area contributed by atoms with E-state index >= 15 is 0 Å². The second kappa shape index (κ2) is 13.7. The number of nitrogens with zero attached hydrogens (tertiary/aromatic N) is 2. The lowest BCUT2D eigenvalue weighted by Crippen LogP contribution is -2.54. The largest absolute Gasteiger partial charge is 0.508 e. The van der Waals surface area contributed by atoms with Gasteiger partial charge in [-0.25, -0.2) is 4.79 Å². The zero-order valence-electron chi connectivity index (χ0n) is 23.2. The summed E-state index contributed by atoms with van der Waals surface area (Å²) in [7, 11) is 0. The number of nitrogens with one attached hydrogen (secondary N) is 2. The number of alkyl carbamates (subject to hydrolysis) is 1. The Hall–Kier alpha value is -4.26. The molecule has 2 aromatic rings. The van der Waals surface area contributed by atoms with E-state index in [0.29, 0.717) is 11.1 Å². The number of aromatic hydroxyl groups is 2. The number of hydrogen-bond acceptors (Lipinski definition) is 7. The average Bonchev–Trinajstić information content (AvgIpc) is 2.88. The number of phenolic OH excluding ortho intramolecular Hbond substituents is 2. The number of ether oxygens (including phenoxy) is 1. The van der Waals surface area contributed by atoms with Crippen molar-refractivity contribution in [3.05, 3.63) is 59.7 Å². The lowest BCUT2D eigenvalue weighted by Gasteiger charge is -2.34. The summed E-state index contributed by atoms with van der Waals surface area (Å²) in [5, 5.41) is 35.2. The fraction of sp³-hybridized carbons (Fsp3) is 0.467. The van der Waals surface area contributed by atoms with Crippen molar-refractivity contribution in [2.24, 2.45) is 0 Å². The first-order valence-electron chi connectivity index (χ1n) is 13.5. The standard InChI is InChI=1S/C30H38N4O6/c1-30(2,3)40-29(39)33-25(18-20-12-14-23(35)15-13-20)28(38)34(17-16-31)26(21-8-7-11-24(36)19-21)27(37)32-22-9-5-4-6-10-22/h7-8,11-15,19,22,25-26,35-36H,4-6,9-10,17-18H2,1-3H3,(H,32,37)(H,33,39). The molecule has 10 nitrogen and oxygen atoms in total. The van der Waals surface area contributed by atoms with E-state index in [0.717, 1.165) is 37.0 Å². The van der Waals surface area contributed by atoms with Crippen LogP contribution in [0, 0.1) is 11.3 Å². The maximum Gasteiger partial charge on any atom is 0.408 e. The van der Waals surface area contributed by atoms with E-state index in [9.17, 15) is 29.9 Å². The van der Waals surface area contributed by atoms with Crippen molar-refractivity contribution in [3.63, 3.8) is 0 Å². The van der Waals surface area contributed by atoms with E-state index in [2.05, 4.69) is 10.6 Å². The van der Waals surface area contributed by atoms with E-state index in [1.54, 1.807) is 45.0 Å². The highest BCUT2D eigenvalue weighted by atomic mass is 16.6. The minimum absolute atomic E-state index is 0.0112. The Labute approximate surface area is 234 Å². The van der Waals surface area contributed by atoms with Gasteiger partial charge in [0.15, 0.2) is 0 Å². The fourth-order valence-corrected chi connectivity index (χ4v) is 4.79. The van der Waals surface area contributed by atoms with Gasteiger partial charge in [-0.2, -0.15) is 5.26 Å². The summed E-state index contributed by atoms with van der Waals surface area (Å²) >= 11 is 0. The zero-order valence-corrected chi connectivity index (χ0v) is 23.2. The summed E-state index contributed by atoms with van der Waals surface area (Å²) in [4.78, 5) is 41.7. The molecule has 1 aliphatic carbocycles. The molecule has 2 aromatic carbocycles. The summed E-state index contributed by atoms with van der Waals surface area (Å²) < 4.78 is 5.39. The quantitative estimate of drug-likeness (QED) is 0.343. The molecule has 0 saturated heterocycles. The first-order chi connectivity index (χ1) is 19.0. The van der Waals surface area contributed by atoms with Crippen molar-refractivity contribution in [2.75, 3.05) is 6.54 Å². The predicted molar refractivity (Wildman–Crippen MR) is 148 cm³/mol. The molecule has 40 heavy (non-hydrogen) atoms. The average molecular weight is 551 g/mol. The van der Waals surface area contributed by atoms with Crippen LogP contribution in [0.2, 0.25) is 0 Å². The Morgan fingerprint density at radius 2 is 1.73 bits per heavy atom. The molecule has 0 spiro atoms. The third kappa shape index (κ3) is 8.90. The lowest BCUT2D eigenvalue weighted by atomic mass is 9.94. The normalized spacial score (nSPS) is 15.2. The molecule has 0 bridgehead atoms. The molecule has 1 saturated carbocycles. The van der Waals surface area contributed by atoms with Gasteiger partial charge in [0.25, 0.3) is 0 Å². The van der Waals surface area contributed by atoms with Crippen LogP contribution in [0.25, 0.3) is 0 Å². The third-order valence-electron chi connectivity index (χ3n) is 6.59. The number of nitriles is 1. The van der Waals surface area contributed by atoms with Gasteiger partial charge in [-0.1, -0.05) is 43.5 Å². The molecule has 10 heteroatoms. The SMILES string of the molecule is CC(C)(C)OC(=O)NC(Cc1ccc(O)cc1)C(=O)N(CC#N)C(C(=O)NC1CCCCC1)c1cccc(O)c1. The van der Waals surface area contributed by atoms with Crippen molar-refractivity contribution < 1.29 is 29.3 Å². The number of benzene rings is 2. The first-order valence-corrected chi connectivity index (χ1v) is 13.5. The zero-order chi connectivity index (χ0) is 29.3. The molecule has 0 aliphatic heterocycles. The Morgan fingerprint density at radius 1 is 1.05 bits per heavy atom. The smallest absolute Gasteiger partial charge is 0.408 e. The molecule has 2 unspecified atom stereocenters. The molecule has 0 heterocycles. The Bertz CT molecular complexity index is 1210. The van der Waals surface area contributed by atoms with Crippen LogP contribution < -0.4 is 10.6 Å². The predicted octanol–water partition coefficient (Wildman–Crippen LogP) is 4.08. The van der Waals surface area contributed by atoms with Gasteiger partial charge in [0.2, 0.25) is 11.8 Å². The van der Waals surface area contributed by atoms with E-state index in [1.807, 2.05) is 6.07 Å². The molecule has 4 N–H and O–H groups in total. The van der Waals surface area contributed by atoms with Crippen molar-refractivity contribution in [1.82, 2.24) is 15.5 Å². The summed E-state index contributed by atoms with van der Waals surface area (Å²) in [5.74, 6) is -1.19. The monoisotopic (exact) mass is 550 g/mol. The highest BCUT2D eigenvalue weighted by molar-refractivity contribution is 5.92. The third-order valence-corrected chi connectivity index (χ3v) is 6.59. The van der Waals surface area contributed by atoms with Crippen LogP contribution >= 0.6 is 0 Å². The summed E-state index contributed by atoms with van der Waals surface area (Å²) in [6.07, 6.45) is 3.87. The van der Waals surface area contributed by atoms with Crippen molar-refractivity contribution in [3.8, 4) is 17.6 Å². The summed E-state index contributed by atoms with van der Waals surface area (Å²) in [6, 6.07) is 11.6. The summed E-state index contributed by atoms with van der Waals surface area (Å²) in [6.45, 7) is 4.63. The van der Waals surface area contributed by atoms with Crippen molar-refractivity contribution >= 4 is 17.9 Å². The molecule has 3 amide bonds. The topological polar surface area (TPSA) is 152 Å². The van der Waals surface area contributed by atoms with E-state index in [1.165, 1.54) is 24.3 Å². The fourth-order valence-electron chi connectivity index (χ4n) is 4.79. The minimum atomic E-state index is -1.23. The molecule has 1 fully saturated rings. The van der Waals surface area contributed by atoms with Crippen LogP contribution in [0.3, 0.4) is 0 Å². The van der Waals surface area contributed by atoms with Gasteiger partial charge in [0, 0.05) is 12.5 Å². The van der Waals surface area contributed by atoms with Crippen LogP contribution in [0.15, 0.2) is 48.5 Å². The van der Waals surface area contributed by atoms with E-state index in [4.69, 9.17) is 4.74 Å². The Morgan fingerprint density at radius 3 is 2.33 bits per heavy atom. The van der Waals surface area contributed by atoms with Gasteiger partial charge >= 0.3 is 6.09 Å². The number of carbonyl (C=O) groups excluding carboxylic acids is 3. The highest BCUT2D eigenvalue weighted by Gasteiger charge is 2.37. The highest BCUT2D eigenvalue weighted by Crippen LogP contribution is 2.27. The van der Waals surface area contributed by atoms with Gasteiger partial charge in [-0.15, -0.1) is 0 Å². The van der Waals surface area contributed by atoms with Gasteiger partial charge in [0.05, 0.1) is 6.07 Å². The Kier molecular flexibility index (Phi) is 10.4. The maximum atomic E-state index is 14.1. The minimum Gasteiger partial charge on any atom is -0.508 e. The number of carbonyl (C=O) groups is 3. The number of hydrogen-bond donors (Lipinski definition) is 4. The van der Waals surface area contributed by atoms with E-state index < -0.39 is 42.1 Å². The van der Waals surface area contributed by atoms with Crippen LogP contribution in [0.1, 0.15) is 70.0 Å². The Balaban J connectivity index is 1.99. The van der Waals surface area contributed by atoms with Crippen LogP contribution in [-0.2, 0) is 20.7 Å². The summed E-state index contributed by atoms with van der Waals surface area (Å²) in [5.41, 5.74) is 0.134. The van der Waals surface area contributed by atoms with E-state index in [-0.39, 0.29) is 24.0 Å². The molecular weight excluding hydrogens is 512 g/mol. The van der Waals surface area contributed by atoms with Crippen LogP contribution in [0.5, 0.6) is 11.5 Å². The van der Waals surface area contributed by atoms with Gasteiger partial charge in [0.1, 0.15) is 35.7 Å². The van der Waals surface area contributed by atoms with Crippen molar-refractivity contribution in [1.29, 1.82) is 5.26 Å². The molecule has 214 valence electrons. The molecule has 2 atom stereocenters. The van der Waals surface area contributed by atoms with Crippen molar-refractivity contribution in [2.45, 2.75) is 83.0 Å². The lowest BCUT2D eigenvalue weighted by molar-refractivity contribution is -0.142. The molecule has 0 radical (unpaired) electrons.